The van der Waals surface area contributed by atoms with Crippen molar-refractivity contribution in [1.82, 2.24) is 4.98 Å². The molecule has 0 bridgehead atoms. The molecule has 1 aliphatic rings. The molecule has 0 radical (unpaired) electrons. The normalized spacial score (nSPS) is 18.4. The highest BCUT2D eigenvalue weighted by atomic mass is 79.9. The van der Waals surface area contributed by atoms with Crippen molar-refractivity contribution in [2.45, 2.75) is 12.5 Å². The molecule has 3 aromatic rings. The second-order valence-electron chi connectivity index (χ2n) is 7.36. The van der Waals surface area contributed by atoms with Crippen molar-refractivity contribution in [2.24, 2.45) is 5.92 Å². The van der Waals surface area contributed by atoms with Crippen LogP contribution in [0.3, 0.4) is 0 Å². The van der Waals surface area contributed by atoms with Gasteiger partial charge in [0.2, 0.25) is 10.0 Å². The predicted molar refractivity (Wildman–Crippen MR) is 120 cm³/mol. The minimum Gasteiger partial charge on any atom is -0.493 e. The van der Waals surface area contributed by atoms with Crippen LogP contribution in [0.5, 0.6) is 5.75 Å². The number of nitrogens with one attached hydrogen (secondary N) is 1. The number of para-hydroxylation sites is 1. The molecule has 8 heteroatoms. The van der Waals surface area contributed by atoms with Gasteiger partial charge in [-0.1, -0.05) is 30.3 Å². The lowest BCUT2D eigenvalue weighted by molar-refractivity contribution is 0.0503. The Morgan fingerprint density at radius 3 is 2.73 bits per heavy atom. The van der Waals surface area contributed by atoms with Crippen molar-refractivity contribution in [3.63, 3.8) is 0 Å². The summed E-state index contributed by atoms with van der Waals surface area (Å²) >= 11 is 3.38. The fraction of sp³-hybridized carbons (Fsp3) is 0.227. The molecule has 2 N–H and O–H groups in total. The van der Waals surface area contributed by atoms with Gasteiger partial charge in [-0.2, -0.15) is 0 Å². The summed E-state index contributed by atoms with van der Waals surface area (Å²) in [6, 6.07) is 16.6. The van der Waals surface area contributed by atoms with Crippen molar-refractivity contribution in [3.8, 4) is 16.9 Å². The number of rotatable bonds is 5. The average Bonchev–Trinajstić information content (AvgIpc) is 2.71. The average molecular weight is 489 g/mol. The van der Waals surface area contributed by atoms with E-state index in [-0.39, 0.29) is 5.92 Å². The number of anilines is 1. The van der Waals surface area contributed by atoms with Crippen LogP contribution in [0.25, 0.3) is 11.1 Å². The topological polar surface area (TPSA) is 88.5 Å². The van der Waals surface area contributed by atoms with Crippen molar-refractivity contribution >= 4 is 31.6 Å². The van der Waals surface area contributed by atoms with Crippen LogP contribution >= 0.6 is 15.9 Å². The number of aromatic nitrogens is 1. The molecule has 0 spiro atoms. The molecule has 156 valence electrons. The van der Waals surface area contributed by atoms with E-state index in [0.717, 1.165) is 33.1 Å². The SMILES string of the molecule is CS(=O)(=O)Nc1ccccc1-c1ccc2c(c1)OC[C@H](Cc1ccc(Br)cn1)[C@@H]2O. The molecule has 0 aliphatic carbocycles. The Morgan fingerprint density at radius 2 is 2.00 bits per heavy atom. The van der Waals surface area contributed by atoms with Gasteiger partial charge in [-0.3, -0.25) is 9.71 Å². The molecule has 0 amide bonds. The Hall–Kier alpha value is -2.42. The number of nitrogens with zero attached hydrogens (tertiary/aromatic N) is 1. The van der Waals surface area contributed by atoms with Gasteiger partial charge in [0.25, 0.3) is 0 Å². The first-order chi connectivity index (χ1) is 14.3. The van der Waals surface area contributed by atoms with Crippen LogP contribution in [0.1, 0.15) is 17.4 Å². The first-order valence-corrected chi connectivity index (χ1v) is 12.1. The minimum atomic E-state index is -3.40. The Bertz CT molecular complexity index is 1170. The molecule has 0 unspecified atom stereocenters. The molecule has 2 aromatic carbocycles. The summed E-state index contributed by atoms with van der Waals surface area (Å²) in [6.07, 6.45) is 2.80. The van der Waals surface area contributed by atoms with Gasteiger partial charge in [0.1, 0.15) is 5.75 Å². The molecule has 6 nitrogen and oxygen atoms in total. The highest BCUT2D eigenvalue weighted by Gasteiger charge is 2.30. The lowest BCUT2D eigenvalue weighted by Gasteiger charge is -2.30. The third kappa shape index (κ3) is 4.66. The number of sulfonamides is 1. The molecule has 30 heavy (non-hydrogen) atoms. The minimum absolute atomic E-state index is 0.101. The fourth-order valence-corrected chi connectivity index (χ4v) is 4.42. The summed E-state index contributed by atoms with van der Waals surface area (Å²) in [4.78, 5) is 4.39. The highest BCUT2D eigenvalue weighted by Crippen LogP contribution is 2.40. The van der Waals surface area contributed by atoms with Crippen LogP contribution in [0, 0.1) is 5.92 Å². The Kier molecular flexibility index (Phi) is 5.81. The molecular formula is C22H21BrN2O4S. The van der Waals surface area contributed by atoms with E-state index in [1.54, 1.807) is 18.3 Å². The number of ether oxygens (including phenoxy) is 1. The second-order valence-corrected chi connectivity index (χ2v) is 10.0. The zero-order valence-electron chi connectivity index (χ0n) is 16.2. The van der Waals surface area contributed by atoms with E-state index < -0.39 is 16.1 Å². The zero-order chi connectivity index (χ0) is 21.3. The predicted octanol–water partition coefficient (Wildman–Crippen LogP) is 4.17. The van der Waals surface area contributed by atoms with Gasteiger partial charge in [-0.05, 0) is 52.2 Å². The number of benzene rings is 2. The summed E-state index contributed by atoms with van der Waals surface area (Å²) in [6.45, 7) is 0.374. The van der Waals surface area contributed by atoms with E-state index >= 15 is 0 Å². The van der Waals surface area contributed by atoms with Crippen LogP contribution in [0.15, 0.2) is 65.3 Å². The lowest BCUT2D eigenvalue weighted by Crippen LogP contribution is -2.28. The van der Waals surface area contributed by atoms with Crippen LogP contribution in [0.2, 0.25) is 0 Å². The summed E-state index contributed by atoms with van der Waals surface area (Å²) in [5, 5.41) is 10.9. The van der Waals surface area contributed by atoms with E-state index in [2.05, 4.69) is 25.6 Å². The summed E-state index contributed by atoms with van der Waals surface area (Å²) < 4.78 is 32.8. The van der Waals surface area contributed by atoms with E-state index in [0.29, 0.717) is 24.5 Å². The zero-order valence-corrected chi connectivity index (χ0v) is 18.7. The molecule has 1 aromatic heterocycles. The molecule has 2 atom stereocenters. The largest absolute Gasteiger partial charge is 0.493 e. The van der Waals surface area contributed by atoms with Crippen LogP contribution in [0.4, 0.5) is 5.69 Å². The monoisotopic (exact) mass is 488 g/mol. The van der Waals surface area contributed by atoms with E-state index in [4.69, 9.17) is 4.74 Å². The number of aliphatic hydroxyl groups excluding tert-OH is 1. The molecular weight excluding hydrogens is 468 g/mol. The number of halogens is 1. The molecule has 2 heterocycles. The van der Waals surface area contributed by atoms with Gasteiger partial charge in [0, 0.05) is 33.4 Å². The Labute approximate surface area is 184 Å². The van der Waals surface area contributed by atoms with Gasteiger partial charge < -0.3 is 9.84 Å². The van der Waals surface area contributed by atoms with Crippen LogP contribution in [-0.4, -0.2) is 31.4 Å². The number of pyridine rings is 1. The number of hydrogen-bond acceptors (Lipinski definition) is 5. The van der Waals surface area contributed by atoms with Crippen molar-refractivity contribution < 1.29 is 18.3 Å². The van der Waals surface area contributed by atoms with Gasteiger partial charge in [0.15, 0.2) is 0 Å². The maximum absolute atomic E-state index is 11.7. The second kappa shape index (κ2) is 8.37. The van der Waals surface area contributed by atoms with Gasteiger partial charge >= 0.3 is 0 Å². The Morgan fingerprint density at radius 1 is 1.20 bits per heavy atom. The van der Waals surface area contributed by atoms with Crippen molar-refractivity contribution in [2.75, 3.05) is 17.6 Å². The summed E-state index contributed by atoms with van der Waals surface area (Å²) in [5.41, 5.74) is 3.66. The number of fused-ring (bicyclic) bond motifs is 1. The molecule has 0 fully saturated rings. The summed E-state index contributed by atoms with van der Waals surface area (Å²) in [7, 11) is -3.40. The molecule has 4 rings (SSSR count). The van der Waals surface area contributed by atoms with Crippen molar-refractivity contribution in [1.29, 1.82) is 0 Å². The van der Waals surface area contributed by atoms with Gasteiger partial charge in [-0.25, -0.2) is 8.42 Å². The lowest BCUT2D eigenvalue weighted by atomic mass is 9.88. The number of aliphatic hydroxyl groups is 1. The molecule has 1 aliphatic heterocycles. The quantitative estimate of drug-likeness (QED) is 0.562. The van der Waals surface area contributed by atoms with E-state index in [1.165, 1.54) is 0 Å². The fourth-order valence-electron chi connectivity index (χ4n) is 3.60. The third-order valence-corrected chi connectivity index (χ3v) is 6.08. The van der Waals surface area contributed by atoms with Crippen LogP contribution in [-0.2, 0) is 16.4 Å². The first kappa shape index (κ1) is 20.8. The number of hydrogen-bond donors (Lipinski definition) is 2. The maximum atomic E-state index is 11.7. The summed E-state index contributed by atoms with van der Waals surface area (Å²) in [5.74, 6) is 0.505. The van der Waals surface area contributed by atoms with E-state index in [9.17, 15) is 13.5 Å². The third-order valence-electron chi connectivity index (χ3n) is 5.03. The van der Waals surface area contributed by atoms with Gasteiger partial charge in [0.05, 0.1) is 24.7 Å². The Balaban J connectivity index is 1.60. The van der Waals surface area contributed by atoms with Crippen molar-refractivity contribution in [3.05, 3.63) is 76.5 Å². The smallest absolute Gasteiger partial charge is 0.229 e. The van der Waals surface area contributed by atoms with Gasteiger partial charge in [-0.15, -0.1) is 0 Å². The molecule has 0 saturated heterocycles. The first-order valence-electron chi connectivity index (χ1n) is 9.42. The maximum Gasteiger partial charge on any atom is 0.229 e. The van der Waals surface area contributed by atoms with Crippen LogP contribution < -0.4 is 9.46 Å². The van der Waals surface area contributed by atoms with E-state index in [1.807, 2.05) is 42.5 Å². The molecule has 0 saturated carbocycles. The highest BCUT2D eigenvalue weighted by molar-refractivity contribution is 9.10. The standard InChI is InChI=1S/C22H21BrN2O4S/c1-30(27,28)25-20-5-3-2-4-18(20)14-6-9-19-21(11-14)29-13-15(22(19)26)10-17-8-7-16(23)12-24-17/h2-9,11-12,15,22,25-26H,10,13H2,1H3/t15-,22-/m0/s1.